The second-order valence-corrected chi connectivity index (χ2v) is 14.6. The van der Waals surface area contributed by atoms with Crippen molar-refractivity contribution in [1.29, 1.82) is 0 Å². The third-order valence-corrected chi connectivity index (χ3v) is 9.86. The zero-order chi connectivity index (χ0) is 35.8. The van der Waals surface area contributed by atoms with Crippen LogP contribution in [0.4, 0.5) is 0 Å². The summed E-state index contributed by atoms with van der Waals surface area (Å²) in [4.78, 5) is 18.5. The van der Waals surface area contributed by atoms with E-state index in [4.69, 9.17) is 9.97 Å². The van der Waals surface area contributed by atoms with E-state index < -0.39 is 5.60 Å². The first-order valence-electron chi connectivity index (χ1n) is 19.3. The fourth-order valence-electron chi connectivity index (χ4n) is 7.08. The maximum absolute atomic E-state index is 10.2. The summed E-state index contributed by atoms with van der Waals surface area (Å²) in [6.45, 7) is 10.2. The Bertz CT molecular complexity index is 2120. The first-order valence-corrected chi connectivity index (χ1v) is 19.3. The molecule has 8 bridgehead atoms. The molecule has 0 saturated carbocycles. The fourth-order valence-corrected chi connectivity index (χ4v) is 7.08. The molecule has 5 heteroatoms. The highest BCUT2D eigenvalue weighted by Crippen LogP contribution is 2.33. The van der Waals surface area contributed by atoms with Crippen LogP contribution in [0, 0.1) is 11.8 Å². The molecule has 0 atom stereocenters. The number of fused-ring (bicyclic) bond motifs is 8. The third-order valence-electron chi connectivity index (χ3n) is 9.86. The van der Waals surface area contributed by atoms with E-state index in [9.17, 15) is 5.11 Å². The number of nitrogens with one attached hydrogen (secondary N) is 2. The van der Waals surface area contributed by atoms with Crippen LogP contribution in [0.3, 0.4) is 0 Å². The maximum Gasteiger partial charge on any atom is 0.120 e. The van der Waals surface area contributed by atoms with E-state index in [2.05, 4.69) is 103 Å². The molecule has 0 amide bonds. The molecule has 0 radical (unpaired) electrons. The van der Waals surface area contributed by atoms with Crippen molar-refractivity contribution >= 4 is 46.4 Å². The molecule has 2 aliphatic rings. The van der Waals surface area contributed by atoms with E-state index >= 15 is 0 Å². The van der Waals surface area contributed by atoms with Crippen molar-refractivity contribution in [1.82, 2.24) is 19.9 Å². The lowest BCUT2D eigenvalue weighted by atomic mass is 10.0. The van der Waals surface area contributed by atoms with Crippen molar-refractivity contribution in [3.05, 3.63) is 93.6 Å². The standard InChI is InChI=1S/C46H54N4O/c1-6-9-12-15-34-37-22-24-39(47-37)35(16-13-10-7-2)41-26-28-43(49-41)45(33-20-18-32(19-21-33)30-31-46(4,5)51)44-29-27-42(50-44)36(17-14-11-8-3)40-25-23-38(34)48-40/h18-29,47,50-51H,6-17H2,1-5H3. The van der Waals surface area contributed by atoms with Crippen LogP contribution in [0.5, 0.6) is 0 Å². The minimum absolute atomic E-state index is 0.864. The van der Waals surface area contributed by atoms with Gasteiger partial charge in [0, 0.05) is 49.9 Å². The van der Waals surface area contributed by atoms with E-state index in [1.165, 1.54) is 55.2 Å². The number of hydrogen-bond donors (Lipinski definition) is 3. The van der Waals surface area contributed by atoms with Crippen molar-refractivity contribution in [2.24, 2.45) is 0 Å². The molecule has 0 spiro atoms. The average molecular weight is 679 g/mol. The Kier molecular flexibility index (Phi) is 11.7. The highest BCUT2D eigenvalue weighted by molar-refractivity contribution is 5.92. The predicted molar refractivity (Wildman–Crippen MR) is 217 cm³/mol. The van der Waals surface area contributed by atoms with Gasteiger partial charge in [0.2, 0.25) is 0 Å². The Morgan fingerprint density at radius 1 is 0.549 bits per heavy atom. The number of aromatic amines is 2. The Balaban J connectivity index is 1.65. The number of H-pyrrole nitrogens is 2. The summed E-state index contributed by atoms with van der Waals surface area (Å²) in [6, 6.07) is 17.2. The quantitative estimate of drug-likeness (QED) is 0.0840. The van der Waals surface area contributed by atoms with Crippen molar-refractivity contribution in [3.63, 3.8) is 0 Å². The topological polar surface area (TPSA) is 77.6 Å². The highest BCUT2D eigenvalue weighted by Gasteiger charge is 2.17. The number of aryl methyl sites for hydroxylation is 3. The van der Waals surface area contributed by atoms with Crippen LogP contribution in [-0.2, 0) is 19.3 Å². The fraction of sp³-hybridized carbons (Fsp3) is 0.391. The van der Waals surface area contributed by atoms with Gasteiger partial charge in [0.15, 0.2) is 0 Å². The lowest BCUT2D eigenvalue weighted by Crippen LogP contribution is -2.14. The Morgan fingerprint density at radius 3 is 1.41 bits per heavy atom. The van der Waals surface area contributed by atoms with Gasteiger partial charge in [0.25, 0.3) is 0 Å². The second-order valence-electron chi connectivity index (χ2n) is 14.6. The Labute approximate surface area is 304 Å². The monoisotopic (exact) mass is 678 g/mol. The lowest BCUT2D eigenvalue weighted by molar-refractivity contribution is 0.143. The van der Waals surface area contributed by atoms with Gasteiger partial charge in [-0.2, -0.15) is 0 Å². The van der Waals surface area contributed by atoms with Crippen molar-refractivity contribution < 1.29 is 5.11 Å². The number of benzene rings is 1. The minimum atomic E-state index is -1.05. The summed E-state index contributed by atoms with van der Waals surface area (Å²) < 4.78 is 0. The van der Waals surface area contributed by atoms with Gasteiger partial charge in [-0.1, -0.05) is 83.3 Å². The molecule has 3 aromatic heterocycles. The number of unbranched alkanes of at least 4 members (excludes halogenated alkanes) is 6. The zero-order valence-electron chi connectivity index (χ0n) is 31.3. The van der Waals surface area contributed by atoms with Crippen LogP contribution in [0.15, 0.2) is 48.5 Å². The van der Waals surface area contributed by atoms with E-state index in [0.29, 0.717) is 0 Å². The molecule has 264 valence electrons. The normalized spacial score (nSPS) is 12.4. The summed E-state index contributed by atoms with van der Waals surface area (Å²) in [5.74, 6) is 6.06. The maximum atomic E-state index is 10.2. The van der Waals surface area contributed by atoms with Gasteiger partial charge in [0.05, 0.1) is 22.8 Å². The van der Waals surface area contributed by atoms with Gasteiger partial charge in [-0.15, -0.1) is 0 Å². The van der Waals surface area contributed by atoms with E-state index in [1.807, 2.05) is 12.1 Å². The molecule has 5 nitrogen and oxygen atoms in total. The van der Waals surface area contributed by atoms with Crippen molar-refractivity contribution in [2.75, 3.05) is 0 Å². The molecule has 4 aromatic rings. The molecule has 0 unspecified atom stereocenters. The Morgan fingerprint density at radius 2 is 0.961 bits per heavy atom. The molecule has 5 heterocycles. The van der Waals surface area contributed by atoms with Crippen molar-refractivity contribution in [3.8, 4) is 23.0 Å². The molecule has 2 aliphatic heterocycles. The van der Waals surface area contributed by atoms with E-state index in [1.54, 1.807) is 13.8 Å². The van der Waals surface area contributed by atoms with Gasteiger partial charge in [-0.05, 0) is 119 Å². The molecular weight excluding hydrogens is 625 g/mol. The van der Waals surface area contributed by atoms with E-state index in [0.717, 1.165) is 100 Å². The van der Waals surface area contributed by atoms with Gasteiger partial charge >= 0.3 is 0 Å². The van der Waals surface area contributed by atoms with Crippen LogP contribution in [0.25, 0.3) is 57.5 Å². The van der Waals surface area contributed by atoms with Gasteiger partial charge in [-0.25, -0.2) is 9.97 Å². The number of hydrogen-bond acceptors (Lipinski definition) is 3. The molecule has 0 aliphatic carbocycles. The first kappa shape index (κ1) is 36.1. The highest BCUT2D eigenvalue weighted by atomic mass is 16.3. The Hall–Kier alpha value is -4.66. The molecule has 6 rings (SSSR count). The minimum Gasteiger partial charge on any atom is -0.378 e. The summed E-state index contributed by atoms with van der Waals surface area (Å²) in [5.41, 5.74) is 14.3. The summed E-state index contributed by atoms with van der Waals surface area (Å²) in [6.07, 6.45) is 22.2. The molecule has 51 heavy (non-hydrogen) atoms. The smallest absolute Gasteiger partial charge is 0.120 e. The van der Waals surface area contributed by atoms with Crippen LogP contribution in [-0.4, -0.2) is 30.6 Å². The number of aromatic nitrogens is 4. The van der Waals surface area contributed by atoms with Crippen LogP contribution in [0.1, 0.15) is 137 Å². The van der Waals surface area contributed by atoms with Gasteiger partial charge < -0.3 is 15.1 Å². The summed E-state index contributed by atoms with van der Waals surface area (Å²) in [7, 11) is 0. The lowest BCUT2D eigenvalue weighted by Gasteiger charge is -2.07. The number of nitrogens with zero attached hydrogens (tertiary/aromatic N) is 2. The largest absolute Gasteiger partial charge is 0.378 e. The number of rotatable bonds is 13. The summed E-state index contributed by atoms with van der Waals surface area (Å²) in [5, 5.41) is 10.2. The molecule has 0 fully saturated rings. The molecule has 0 saturated heterocycles. The van der Waals surface area contributed by atoms with Crippen molar-refractivity contribution in [2.45, 2.75) is 117 Å². The van der Waals surface area contributed by atoms with Crippen LogP contribution >= 0.6 is 0 Å². The molecular formula is C46H54N4O. The van der Waals surface area contributed by atoms with Crippen LogP contribution in [0.2, 0.25) is 0 Å². The summed E-state index contributed by atoms with van der Waals surface area (Å²) >= 11 is 0. The predicted octanol–water partition coefficient (Wildman–Crippen LogP) is 11.6. The van der Waals surface area contributed by atoms with E-state index in [-0.39, 0.29) is 0 Å². The number of aliphatic hydroxyl groups is 1. The second kappa shape index (κ2) is 16.6. The molecule has 1 aromatic carbocycles. The molecule has 3 N–H and O–H groups in total. The van der Waals surface area contributed by atoms with Gasteiger partial charge in [-0.3, -0.25) is 0 Å². The first-order chi connectivity index (χ1) is 24.8. The van der Waals surface area contributed by atoms with Gasteiger partial charge in [0.1, 0.15) is 5.60 Å². The van der Waals surface area contributed by atoms with Crippen LogP contribution < -0.4 is 0 Å². The third kappa shape index (κ3) is 8.81. The zero-order valence-corrected chi connectivity index (χ0v) is 31.3. The SMILES string of the molecule is CCCCCc1c2nc(c(CCCCC)c3ccc([nH]3)c(-c3ccc(C#CC(C)(C)O)cc3)c3nc(c(CCCCC)c4ccc1[nH]4)C=C3)C=C2. The average Bonchev–Trinajstić information content (AvgIpc) is 3.95.